The van der Waals surface area contributed by atoms with Gasteiger partial charge in [0.2, 0.25) is 0 Å². The maximum absolute atomic E-state index is 12.2. The van der Waals surface area contributed by atoms with Gasteiger partial charge in [0.25, 0.3) is 5.91 Å². The molecule has 94 valence electrons. The third-order valence-corrected chi connectivity index (χ3v) is 2.78. The zero-order valence-corrected chi connectivity index (χ0v) is 10.2. The van der Waals surface area contributed by atoms with Crippen molar-refractivity contribution < 1.29 is 13.9 Å². The molecule has 2 atom stereocenters. The standard InChI is InChI=1S/C12H18N2O3/c1-8-6-14(7-9(2)16-8)12(15)11-4-3-10(5-13)17-11/h3-4,8-9H,5-7,13H2,1-2H3/t8-,9-/m1/s1. The van der Waals surface area contributed by atoms with Gasteiger partial charge in [-0.15, -0.1) is 0 Å². The monoisotopic (exact) mass is 238 g/mol. The van der Waals surface area contributed by atoms with Crippen LogP contribution in [-0.4, -0.2) is 36.1 Å². The molecule has 5 heteroatoms. The van der Waals surface area contributed by atoms with Crippen molar-refractivity contribution in [2.45, 2.75) is 32.6 Å². The van der Waals surface area contributed by atoms with E-state index >= 15 is 0 Å². The van der Waals surface area contributed by atoms with Crippen LogP contribution in [0.25, 0.3) is 0 Å². The number of morpholine rings is 1. The summed E-state index contributed by atoms with van der Waals surface area (Å²) >= 11 is 0. The largest absolute Gasteiger partial charge is 0.455 e. The normalized spacial score (nSPS) is 25.0. The van der Waals surface area contributed by atoms with Crippen molar-refractivity contribution in [3.8, 4) is 0 Å². The summed E-state index contributed by atoms with van der Waals surface area (Å²) in [7, 11) is 0. The van der Waals surface area contributed by atoms with Crippen molar-refractivity contribution in [3.63, 3.8) is 0 Å². The third-order valence-electron chi connectivity index (χ3n) is 2.78. The molecule has 0 saturated carbocycles. The lowest BCUT2D eigenvalue weighted by molar-refractivity contribution is -0.0592. The molecule has 1 saturated heterocycles. The Morgan fingerprint density at radius 2 is 2.06 bits per heavy atom. The lowest BCUT2D eigenvalue weighted by Crippen LogP contribution is -2.48. The van der Waals surface area contributed by atoms with E-state index in [-0.39, 0.29) is 18.1 Å². The van der Waals surface area contributed by atoms with E-state index < -0.39 is 0 Å². The second-order valence-corrected chi connectivity index (χ2v) is 4.44. The summed E-state index contributed by atoms with van der Waals surface area (Å²) in [5.41, 5.74) is 5.45. The van der Waals surface area contributed by atoms with Crippen LogP contribution in [0.3, 0.4) is 0 Å². The first-order chi connectivity index (χ1) is 8.10. The van der Waals surface area contributed by atoms with Crippen molar-refractivity contribution in [2.75, 3.05) is 13.1 Å². The predicted octanol–water partition coefficient (Wildman–Crippen LogP) is 0.988. The predicted molar refractivity (Wildman–Crippen MR) is 62.5 cm³/mol. The molecule has 0 radical (unpaired) electrons. The molecule has 0 unspecified atom stereocenters. The zero-order chi connectivity index (χ0) is 12.4. The fourth-order valence-corrected chi connectivity index (χ4v) is 2.10. The number of nitrogens with two attached hydrogens (primary N) is 1. The van der Waals surface area contributed by atoms with E-state index in [9.17, 15) is 4.79 Å². The number of amides is 1. The Labute approximate surface area is 101 Å². The second kappa shape index (κ2) is 4.89. The molecule has 2 heterocycles. The fraction of sp³-hybridized carbons (Fsp3) is 0.583. The van der Waals surface area contributed by atoms with E-state index in [1.54, 1.807) is 17.0 Å². The van der Waals surface area contributed by atoms with E-state index in [4.69, 9.17) is 14.9 Å². The van der Waals surface area contributed by atoms with E-state index in [1.165, 1.54) is 0 Å². The molecule has 5 nitrogen and oxygen atoms in total. The Morgan fingerprint density at radius 1 is 1.41 bits per heavy atom. The molecule has 1 aromatic rings. The molecular weight excluding hydrogens is 220 g/mol. The molecule has 0 spiro atoms. The van der Waals surface area contributed by atoms with E-state index in [0.717, 1.165) is 0 Å². The van der Waals surface area contributed by atoms with Crippen LogP contribution in [0.2, 0.25) is 0 Å². The smallest absolute Gasteiger partial charge is 0.289 e. The van der Waals surface area contributed by atoms with Crippen LogP contribution in [0.15, 0.2) is 16.5 Å². The molecule has 0 bridgehead atoms. The number of nitrogens with zero attached hydrogens (tertiary/aromatic N) is 1. The average Bonchev–Trinajstić information content (AvgIpc) is 2.75. The van der Waals surface area contributed by atoms with Crippen LogP contribution in [-0.2, 0) is 11.3 Å². The van der Waals surface area contributed by atoms with Gasteiger partial charge in [0.15, 0.2) is 5.76 Å². The highest BCUT2D eigenvalue weighted by Gasteiger charge is 2.28. The van der Waals surface area contributed by atoms with Gasteiger partial charge in [0.05, 0.1) is 18.8 Å². The third kappa shape index (κ3) is 2.68. The average molecular weight is 238 g/mol. The van der Waals surface area contributed by atoms with Crippen LogP contribution < -0.4 is 5.73 Å². The van der Waals surface area contributed by atoms with Crippen LogP contribution >= 0.6 is 0 Å². The van der Waals surface area contributed by atoms with Crippen molar-refractivity contribution >= 4 is 5.91 Å². The summed E-state index contributed by atoms with van der Waals surface area (Å²) in [6, 6.07) is 3.41. The molecular formula is C12H18N2O3. The summed E-state index contributed by atoms with van der Waals surface area (Å²) in [6.07, 6.45) is 0.123. The molecule has 1 aliphatic heterocycles. The first-order valence-corrected chi connectivity index (χ1v) is 5.83. The number of rotatable bonds is 2. The molecule has 1 fully saturated rings. The lowest BCUT2D eigenvalue weighted by Gasteiger charge is -2.34. The van der Waals surface area contributed by atoms with Gasteiger partial charge in [-0.25, -0.2) is 0 Å². The van der Waals surface area contributed by atoms with Crippen molar-refractivity contribution in [3.05, 3.63) is 23.7 Å². The van der Waals surface area contributed by atoms with Crippen LogP contribution in [0, 0.1) is 0 Å². The molecule has 2 N–H and O–H groups in total. The first-order valence-electron chi connectivity index (χ1n) is 5.83. The topological polar surface area (TPSA) is 68.7 Å². The second-order valence-electron chi connectivity index (χ2n) is 4.44. The minimum Gasteiger partial charge on any atom is -0.455 e. The Kier molecular flexibility index (Phi) is 3.49. The Balaban J connectivity index is 2.08. The highest BCUT2D eigenvalue weighted by Crippen LogP contribution is 2.16. The Bertz CT molecular complexity index is 392. The quantitative estimate of drug-likeness (QED) is 0.834. The van der Waals surface area contributed by atoms with Gasteiger partial charge in [-0.1, -0.05) is 0 Å². The SMILES string of the molecule is C[C@@H]1CN(C(=O)c2ccc(CN)o2)C[C@@H](C)O1. The lowest BCUT2D eigenvalue weighted by atomic mass is 10.2. The van der Waals surface area contributed by atoms with E-state index in [0.29, 0.717) is 31.2 Å². The van der Waals surface area contributed by atoms with Gasteiger partial charge in [-0.3, -0.25) is 4.79 Å². The highest BCUT2D eigenvalue weighted by atomic mass is 16.5. The molecule has 17 heavy (non-hydrogen) atoms. The number of carbonyl (C=O) groups is 1. The van der Waals surface area contributed by atoms with Crippen molar-refractivity contribution in [1.82, 2.24) is 4.90 Å². The number of ether oxygens (including phenoxy) is 1. The zero-order valence-electron chi connectivity index (χ0n) is 10.2. The van der Waals surface area contributed by atoms with Crippen molar-refractivity contribution in [1.29, 1.82) is 0 Å². The molecule has 1 amide bonds. The van der Waals surface area contributed by atoms with Gasteiger partial charge >= 0.3 is 0 Å². The molecule has 0 aliphatic carbocycles. The van der Waals surface area contributed by atoms with Crippen LogP contribution in [0.4, 0.5) is 0 Å². The van der Waals surface area contributed by atoms with Crippen LogP contribution in [0.5, 0.6) is 0 Å². The van der Waals surface area contributed by atoms with Crippen molar-refractivity contribution in [2.24, 2.45) is 5.73 Å². The highest BCUT2D eigenvalue weighted by molar-refractivity contribution is 5.91. The number of hydrogen-bond acceptors (Lipinski definition) is 4. The number of furan rings is 1. The van der Waals surface area contributed by atoms with Gasteiger partial charge in [-0.05, 0) is 26.0 Å². The summed E-state index contributed by atoms with van der Waals surface area (Å²) in [5.74, 6) is 0.890. The Morgan fingerprint density at radius 3 is 2.59 bits per heavy atom. The molecule has 1 aromatic heterocycles. The van der Waals surface area contributed by atoms with E-state index in [2.05, 4.69) is 0 Å². The van der Waals surface area contributed by atoms with Gasteiger partial charge in [0, 0.05) is 13.1 Å². The van der Waals surface area contributed by atoms with Gasteiger partial charge in [-0.2, -0.15) is 0 Å². The minimum absolute atomic E-state index is 0.0617. The summed E-state index contributed by atoms with van der Waals surface area (Å²) in [4.78, 5) is 13.9. The fourth-order valence-electron chi connectivity index (χ4n) is 2.10. The maximum atomic E-state index is 12.2. The van der Waals surface area contributed by atoms with Gasteiger partial charge in [0.1, 0.15) is 5.76 Å². The number of hydrogen-bond donors (Lipinski definition) is 1. The molecule has 2 rings (SSSR count). The molecule has 1 aliphatic rings. The maximum Gasteiger partial charge on any atom is 0.289 e. The van der Waals surface area contributed by atoms with Gasteiger partial charge < -0.3 is 19.8 Å². The minimum atomic E-state index is -0.0910. The van der Waals surface area contributed by atoms with Crippen LogP contribution in [0.1, 0.15) is 30.2 Å². The number of carbonyl (C=O) groups excluding carboxylic acids is 1. The summed E-state index contributed by atoms with van der Waals surface area (Å²) in [6.45, 7) is 5.43. The Hall–Kier alpha value is -1.33. The van der Waals surface area contributed by atoms with E-state index in [1.807, 2.05) is 13.8 Å². The summed E-state index contributed by atoms with van der Waals surface area (Å²) < 4.78 is 10.9. The molecule has 0 aromatic carbocycles. The summed E-state index contributed by atoms with van der Waals surface area (Å²) in [5, 5.41) is 0. The first kappa shape index (κ1) is 12.1.